The molecule has 2 saturated heterocycles. The molecule has 8 heteroatoms. The first-order valence-corrected chi connectivity index (χ1v) is 14.8. The summed E-state index contributed by atoms with van der Waals surface area (Å²) in [5.41, 5.74) is 1.03. The summed E-state index contributed by atoms with van der Waals surface area (Å²) in [6, 6.07) is 7.95. The summed E-state index contributed by atoms with van der Waals surface area (Å²) in [5.74, 6) is 0.571. The highest BCUT2D eigenvalue weighted by atomic mass is 35.5. The van der Waals surface area contributed by atoms with E-state index in [9.17, 15) is 14.4 Å². The molecule has 4 rings (SSSR count). The Balaban J connectivity index is 1.52. The lowest BCUT2D eigenvalue weighted by atomic mass is 9.85. The van der Waals surface area contributed by atoms with Crippen LogP contribution in [0.1, 0.15) is 71.3 Å². The molecule has 1 aliphatic carbocycles. The van der Waals surface area contributed by atoms with E-state index in [1.807, 2.05) is 54.8 Å². The number of hydrogen-bond acceptors (Lipinski definition) is 3. The normalized spacial score (nSPS) is 27.6. The van der Waals surface area contributed by atoms with Crippen LogP contribution in [0.15, 0.2) is 24.3 Å². The van der Waals surface area contributed by atoms with Gasteiger partial charge < -0.3 is 19.6 Å². The van der Waals surface area contributed by atoms with Crippen LogP contribution in [-0.4, -0.2) is 89.3 Å². The molecular formula is C30H45ClN4O3. The van der Waals surface area contributed by atoms with Crippen molar-refractivity contribution in [2.75, 3.05) is 39.8 Å². The number of carbonyl (C=O) groups is 3. The predicted molar refractivity (Wildman–Crippen MR) is 151 cm³/mol. The number of halogens is 1. The number of amides is 4. The highest BCUT2D eigenvalue weighted by Crippen LogP contribution is 2.37. The number of urea groups is 1. The molecule has 3 atom stereocenters. The van der Waals surface area contributed by atoms with Crippen molar-refractivity contribution in [2.45, 2.75) is 77.8 Å². The number of benzene rings is 1. The van der Waals surface area contributed by atoms with Gasteiger partial charge in [0, 0.05) is 62.7 Å². The Labute approximate surface area is 233 Å². The standard InChI is InChI=1S/C30H45ClN4O3/c1-6-32(5)30(38)34-18-26(22-9-11-23(31)12-10-22)27(19-34)29(37)33-16-15-25(17-33)35(28(36)20(2)3)24-13-7-21(4)8-14-24/h9-12,20-21,24-27H,6-8,13-19H2,1-5H3/t21?,24?,25-,26-,27+/m0/s1. The molecule has 1 saturated carbocycles. The second kappa shape index (κ2) is 12.3. The highest BCUT2D eigenvalue weighted by molar-refractivity contribution is 6.30. The van der Waals surface area contributed by atoms with Gasteiger partial charge in [-0.15, -0.1) is 0 Å². The van der Waals surface area contributed by atoms with Gasteiger partial charge in [-0.25, -0.2) is 4.79 Å². The summed E-state index contributed by atoms with van der Waals surface area (Å²) < 4.78 is 0. The lowest BCUT2D eigenvalue weighted by molar-refractivity contribution is -0.142. The fourth-order valence-electron chi connectivity index (χ4n) is 6.52. The van der Waals surface area contributed by atoms with Crippen molar-refractivity contribution in [2.24, 2.45) is 17.8 Å². The molecule has 0 bridgehead atoms. The van der Waals surface area contributed by atoms with Gasteiger partial charge in [0.2, 0.25) is 11.8 Å². The zero-order valence-corrected chi connectivity index (χ0v) is 24.5. The third kappa shape index (κ3) is 6.13. The maximum atomic E-state index is 14.0. The van der Waals surface area contributed by atoms with E-state index in [2.05, 4.69) is 11.8 Å². The van der Waals surface area contributed by atoms with Crippen LogP contribution in [0.2, 0.25) is 5.02 Å². The second-order valence-electron chi connectivity index (χ2n) is 12.0. The molecule has 0 unspecified atom stereocenters. The zero-order valence-electron chi connectivity index (χ0n) is 23.7. The summed E-state index contributed by atoms with van der Waals surface area (Å²) in [4.78, 5) is 48.1. The van der Waals surface area contributed by atoms with Crippen molar-refractivity contribution in [3.8, 4) is 0 Å². The molecule has 0 aromatic heterocycles. The first-order valence-electron chi connectivity index (χ1n) is 14.5. The van der Waals surface area contributed by atoms with E-state index >= 15 is 0 Å². The van der Waals surface area contributed by atoms with Crippen LogP contribution in [0.4, 0.5) is 4.79 Å². The topological polar surface area (TPSA) is 64.2 Å². The van der Waals surface area contributed by atoms with Crippen molar-refractivity contribution in [3.05, 3.63) is 34.9 Å². The van der Waals surface area contributed by atoms with E-state index in [-0.39, 0.29) is 47.7 Å². The molecule has 0 spiro atoms. The maximum absolute atomic E-state index is 14.0. The first kappa shape index (κ1) is 28.7. The van der Waals surface area contributed by atoms with Crippen LogP contribution in [0.5, 0.6) is 0 Å². The van der Waals surface area contributed by atoms with E-state index in [1.54, 1.807) is 11.9 Å². The molecule has 1 aromatic carbocycles. The number of rotatable bonds is 6. The minimum atomic E-state index is -0.311. The number of nitrogens with zero attached hydrogens (tertiary/aromatic N) is 4. The molecule has 0 radical (unpaired) electrons. The monoisotopic (exact) mass is 544 g/mol. The lowest BCUT2D eigenvalue weighted by Crippen LogP contribution is -2.51. The smallest absolute Gasteiger partial charge is 0.319 e. The molecule has 1 aromatic rings. The van der Waals surface area contributed by atoms with Crippen molar-refractivity contribution < 1.29 is 14.4 Å². The average molecular weight is 545 g/mol. The van der Waals surface area contributed by atoms with E-state index in [0.29, 0.717) is 43.7 Å². The van der Waals surface area contributed by atoms with Crippen LogP contribution < -0.4 is 0 Å². The van der Waals surface area contributed by atoms with E-state index in [1.165, 1.54) is 0 Å². The maximum Gasteiger partial charge on any atom is 0.319 e. The molecule has 0 N–H and O–H groups in total. The molecule has 3 fully saturated rings. The summed E-state index contributed by atoms with van der Waals surface area (Å²) in [5, 5.41) is 0.655. The fourth-order valence-corrected chi connectivity index (χ4v) is 6.64. The van der Waals surface area contributed by atoms with E-state index in [4.69, 9.17) is 11.6 Å². The van der Waals surface area contributed by atoms with Gasteiger partial charge in [0.25, 0.3) is 0 Å². The largest absolute Gasteiger partial charge is 0.340 e. The first-order chi connectivity index (χ1) is 18.1. The van der Waals surface area contributed by atoms with Gasteiger partial charge in [0.05, 0.1) is 12.0 Å². The van der Waals surface area contributed by atoms with Gasteiger partial charge in [-0.2, -0.15) is 0 Å². The Hall–Kier alpha value is -2.28. The van der Waals surface area contributed by atoms with Gasteiger partial charge >= 0.3 is 6.03 Å². The van der Waals surface area contributed by atoms with Crippen LogP contribution >= 0.6 is 11.6 Å². The average Bonchev–Trinajstić information content (AvgIpc) is 3.57. The van der Waals surface area contributed by atoms with Crippen molar-refractivity contribution in [1.82, 2.24) is 19.6 Å². The zero-order chi connectivity index (χ0) is 27.6. The minimum absolute atomic E-state index is 0.0405. The van der Waals surface area contributed by atoms with Crippen molar-refractivity contribution >= 4 is 29.4 Å². The molecule has 2 heterocycles. The summed E-state index contributed by atoms with van der Waals surface area (Å²) >= 11 is 6.15. The van der Waals surface area contributed by atoms with E-state index < -0.39 is 0 Å². The van der Waals surface area contributed by atoms with Crippen LogP contribution in [0, 0.1) is 17.8 Å². The van der Waals surface area contributed by atoms with Crippen molar-refractivity contribution in [3.63, 3.8) is 0 Å². The van der Waals surface area contributed by atoms with Gasteiger partial charge in [0.1, 0.15) is 0 Å². The highest BCUT2D eigenvalue weighted by Gasteiger charge is 2.45. The molecule has 4 amide bonds. The quantitative estimate of drug-likeness (QED) is 0.501. The Bertz CT molecular complexity index is 992. The molecule has 210 valence electrons. The summed E-state index contributed by atoms with van der Waals surface area (Å²) in [6.07, 6.45) is 5.22. The van der Waals surface area contributed by atoms with Crippen LogP contribution in [0.3, 0.4) is 0 Å². The van der Waals surface area contributed by atoms with Crippen molar-refractivity contribution in [1.29, 1.82) is 0 Å². The molecule has 2 aliphatic heterocycles. The Kier molecular flexibility index (Phi) is 9.27. The molecular weight excluding hydrogens is 500 g/mol. The summed E-state index contributed by atoms with van der Waals surface area (Å²) in [6.45, 7) is 11.0. The third-order valence-corrected chi connectivity index (χ3v) is 9.25. The second-order valence-corrected chi connectivity index (χ2v) is 12.4. The fraction of sp³-hybridized carbons (Fsp3) is 0.700. The van der Waals surface area contributed by atoms with Crippen LogP contribution in [0.25, 0.3) is 0 Å². The molecule has 3 aliphatic rings. The molecule has 7 nitrogen and oxygen atoms in total. The summed E-state index contributed by atoms with van der Waals surface area (Å²) in [7, 11) is 1.80. The van der Waals surface area contributed by atoms with Gasteiger partial charge in [-0.1, -0.05) is 44.5 Å². The number of hydrogen-bond donors (Lipinski definition) is 0. The number of carbonyl (C=O) groups excluding carboxylic acids is 3. The Morgan fingerprint density at radius 2 is 1.61 bits per heavy atom. The van der Waals surface area contributed by atoms with Gasteiger partial charge in [0.15, 0.2) is 0 Å². The van der Waals surface area contributed by atoms with Gasteiger partial charge in [-0.05, 0) is 62.6 Å². The number of likely N-dealkylation sites (tertiary alicyclic amines) is 2. The molecule has 38 heavy (non-hydrogen) atoms. The van der Waals surface area contributed by atoms with E-state index in [0.717, 1.165) is 37.7 Å². The third-order valence-electron chi connectivity index (χ3n) is 9.00. The van der Waals surface area contributed by atoms with Gasteiger partial charge in [-0.3, -0.25) is 9.59 Å². The predicted octanol–water partition coefficient (Wildman–Crippen LogP) is 5.09. The minimum Gasteiger partial charge on any atom is -0.340 e. The lowest BCUT2D eigenvalue weighted by Gasteiger charge is -2.41. The Morgan fingerprint density at radius 3 is 2.21 bits per heavy atom. The Morgan fingerprint density at radius 1 is 0.947 bits per heavy atom. The van der Waals surface area contributed by atoms with Crippen LogP contribution in [-0.2, 0) is 9.59 Å². The SMILES string of the molecule is CCN(C)C(=O)N1C[C@@H](C(=O)N2CC[C@H](N(C(=O)C(C)C)C3CCC(C)CC3)C2)[C@H](c2ccc(Cl)cc2)C1.